The molecule has 0 aliphatic heterocycles. The van der Waals surface area contributed by atoms with E-state index in [4.69, 9.17) is 15.2 Å². The molecule has 0 radical (unpaired) electrons. The molecule has 2 rings (SSSR count). The van der Waals surface area contributed by atoms with Gasteiger partial charge in [0.15, 0.2) is 11.5 Å². The average molecular weight is 342 g/mol. The fourth-order valence-corrected chi connectivity index (χ4v) is 4.43. The molecule has 1 aromatic carbocycles. The first-order chi connectivity index (χ1) is 11.0. The van der Waals surface area contributed by atoms with Gasteiger partial charge in [0.1, 0.15) is 0 Å². The third-order valence-corrected chi connectivity index (χ3v) is 5.70. The second-order valence-corrected chi connectivity index (χ2v) is 7.45. The standard InChI is InChI=1S/C16H26N2O4S/c1-3-21-14-8-7-13(11-15(14)22-4-2)23(19,20)18-16(12-17)9-5-6-10-16/h7-8,11,18H,3-6,9-10,12,17H2,1-2H3. The molecule has 0 amide bonds. The number of nitrogens with two attached hydrogens (primary N) is 1. The van der Waals surface area contributed by atoms with Gasteiger partial charge in [-0.25, -0.2) is 13.1 Å². The first kappa shape index (κ1) is 18.0. The van der Waals surface area contributed by atoms with Crippen molar-refractivity contribution in [3.05, 3.63) is 18.2 Å². The Morgan fingerprint density at radius 3 is 2.30 bits per heavy atom. The number of ether oxygens (including phenoxy) is 2. The van der Waals surface area contributed by atoms with Crippen LogP contribution in [0.3, 0.4) is 0 Å². The Labute approximate surface area is 138 Å². The second-order valence-electron chi connectivity index (χ2n) is 5.77. The van der Waals surface area contributed by atoms with E-state index in [9.17, 15) is 8.42 Å². The molecule has 6 nitrogen and oxygen atoms in total. The maximum atomic E-state index is 12.7. The number of hydrogen-bond donors (Lipinski definition) is 2. The molecule has 1 fully saturated rings. The minimum atomic E-state index is -3.65. The molecule has 3 N–H and O–H groups in total. The molecule has 0 heterocycles. The Hall–Kier alpha value is -1.31. The van der Waals surface area contributed by atoms with Crippen molar-refractivity contribution in [2.24, 2.45) is 5.73 Å². The van der Waals surface area contributed by atoms with Crippen LogP contribution in [0.25, 0.3) is 0 Å². The molecule has 0 atom stereocenters. The summed E-state index contributed by atoms with van der Waals surface area (Å²) in [5.41, 5.74) is 5.30. The van der Waals surface area contributed by atoms with Gasteiger partial charge in [0.2, 0.25) is 10.0 Å². The topological polar surface area (TPSA) is 90.7 Å². The van der Waals surface area contributed by atoms with Crippen LogP contribution >= 0.6 is 0 Å². The molecule has 1 aliphatic rings. The Morgan fingerprint density at radius 1 is 1.13 bits per heavy atom. The largest absolute Gasteiger partial charge is 0.490 e. The van der Waals surface area contributed by atoms with E-state index in [1.54, 1.807) is 6.07 Å². The van der Waals surface area contributed by atoms with Gasteiger partial charge in [-0.2, -0.15) is 0 Å². The highest BCUT2D eigenvalue weighted by Crippen LogP contribution is 2.33. The summed E-state index contributed by atoms with van der Waals surface area (Å²) < 4.78 is 39.2. The normalized spacial score (nSPS) is 17.2. The molecule has 0 bridgehead atoms. The molecule has 1 saturated carbocycles. The predicted octanol–water partition coefficient (Wildman–Crippen LogP) is 2.03. The maximum absolute atomic E-state index is 12.7. The van der Waals surface area contributed by atoms with Crippen molar-refractivity contribution in [2.75, 3.05) is 19.8 Å². The van der Waals surface area contributed by atoms with E-state index < -0.39 is 15.6 Å². The Bertz CT molecular complexity index is 625. The number of nitrogens with one attached hydrogen (secondary N) is 1. The summed E-state index contributed by atoms with van der Waals surface area (Å²) in [6.07, 6.45) is 3.54. The third kappa shape index (κ3) is 4.16. The number of sulfonamides is 1. The Kier molecular flexibility index (Phi) is 5.89. The number of hydrogen-bond acceptors (Lipinski definition) is 5. The van der Waals surface area contributed by atoms with Crippen molar-refractivity contribution in [3.8, 4) is 11.5 Å². The highest BCUT2D eigenvalue weighted by atomic mass is 32.2. The van der Waals surface area contributed by atoms with Gasteiger partial charge in [-0.3, -0.25) is 0 Å². The highest BCUT2D eigenvalue weighted by molar-refractivity contribution is 7.89. The van der Waals surface area contributed by atoms with E-state index in [1.807, 2.05) is 13.8 Å². The van der Waals surface area contributed by atoms with E-state index in [0.29, 0.717) is 31.3 Å². The van der Waals surface area contributed by atoms with Gasteiger partial charge in [0.25, 0.3) is 0 Å². The summed E-state index contributed by atoms with van der Waals surface area (Å²) in [7, 11) is -3.65. The first-order valence-corrected chi connectivity index (χ1v) is 9.58. The van der Waals surface area contributed by atoms with Crippen molar-refractivity contribution in [1.82, 2.24) is 4.72 Å². The fourth-order valence-electron chi connectivity index (χ4n) is 2.94. The van der Waals surface area contributed by atoms with Crippen LogP contribution in [0, 0.1) is 0 Å². The smallest absolute Gasteiger partial charge is 0.241 e. The summed E-state index contributed by atoms with van der Waals surface area (Å²) in [6.45, 7) is 4.94. The summed E-state index contributed by atoms with van der Waals surface area (Å²) in [5.74, 6) is 0.980. The van der Waals surface area contributed by atoms with Gasteiger partial charge >= 0.3 is 0 Å². The zero-order valence-electron chi connectivity index (χ0n) is 13.8. The Balaban J connectivity index is 2.30. The average Bonchev–Trinajstić information content (AvgIpc) is 2.98. The minimum Gasteiger partial charge on any atom is -0.490 e. The van der Waals surface area contributed by atoms with Crippen molar-refractivity contribution < 1.29 is 17.9 Å². The lowest BCUT2D eigenvalue weighted by Crippen LogP contribution is -2.51. The zero-order valence-corrected chi connectivity index (χ0v) is 14.6. The van der Waals surface area contributed by atoms with Crippen LogP contribution in [0.1, 0.15) is 39.5 Å². The van der Waals surface area contributed by atoms with E-state index in [0.717, 1.165) is 25.7 Å². The van der Waals surface area contributed by atoms with E-state index in [2.05, 4.69) is 4.72 Å². The summed E-state index contributed by atoms with van der Waals surface area (Å²) in [6, 6.07) is 4.68. The van der Waals surface area contributed by atoms with Crippen LogP contribution < -0.4 is 19.9 Å². The number of rotatable bonds is 8. The van der Waals surface area contributed by atoms with Gasteiger partial charge in [-0.05, 0) is 38.8 Å². The van der Waals surface area contributed by atoms with Crippen LogP contribution in [-0.2, 0) is 10.0 Å². The van der Waals surface area contributed by atoms with Crippen LogP contribution in [0.5, 0.6) is 11.5 Å². The SMILES string of the molecule is CCOc1ccc(S(=O)(=O)NC2(CN)CCCC2)cc1OCC. The second kappa shape index (κ2) is 7.51. The zero-order chi connectivity index (χ0) is 16.9. The molecule has 1 aromatic rings. The van der Waals surface area contributed by atoms with Crippen molar-refractivity contribution in [1.29, 1.82) is 0 Å². The van der Waals surface area contributed by atoms with Gasteiger partial charge < -0.3 is 15.2 Å². The van der Waals surface area contributed by atoms with Gasteiger partial charge in [-0.1, -0.05) is 12.8 Å². The van der Waals surface area contributed by atoms with Crippen molar-refractivity contribution >= 4 is 10.0 Å². The summed E-state index contributed by atoms with van der Waals surface area (Å²) in [4.78, 5) is 0.170. The van der Waals surface area contributed by atoms with Crippen LogP contribution in [0.15, 0.2) is 23.1 Å². The molecular formula is C16H26N2O4S. The maximum Gasteiger partial charge on any atom is 0.241 e. The monoisotopic (exact) mass is 342 g/mol. The molecule has 7 heteroatoms. The molecular weight excluding hydrogens is 316 g/mol. The lowest BCUT2D eigenvalue weighted by molar-refractivity contribution is 0.287. The predicted molar refractivity (Wildman–Crippen MR) is 89.4 cm³/mol. The lowest BCUT2D eigenvalue weighted by atomic mass is 10.0. The van der Waals surface area contributed by atoms with Crippen molar-refractivity contribution in [3.63, 3.8) is 0 Å². The molecule has 23 heavy (non-hydrogen) atoms. The fraction of sp³-hybridized carbons (Fsp3) is 0.625. The highest BCUT2D eigenvalue weighted by Gasteiger charge is 2.37. The van der Waals surface area contributed by atoms with Crippen LogP contribution in [0.4, 0.5) is 0 Å². The molecule has 0 aromatic heterocycles. The van der Waals surface area contributed by atoms with Gasteiger partial charge in [0.05, 0.1) is 18.1 Å². The van der Waals surface area contributed by atoms with Gasteiger partial charge in [0, 0.05) is 18.2 Å². The Morgan fingerprint density at radius 2 is 1.74 bits per heavy atom. The van der Waals surface area contributed by atoms with Crippen LogP contribution in [0.2, 0.25) is 0 Å². The molecule has 0 saturated heterocycles. The molecule has 130 valence electrons. The number of benzene rings is 1. The van der Waals surface area contributed by atoms with E-state index in [1.165, 1.54) is 12.1 Å². The molecule has 0 unspecified atom stereocenters. The lowest BCUT2D eigenvalue weighted by Gasteiger charge is -2.28. The van der Waals surface area contributed by atoms with E-state index >= 15 is 0 Å². The molecule has 0 spiro atoms. The van der Waals surface area contributed by atoms with Gasteiger partial charge in [-0.15, -0.1) is 0 Å². The van der Waals surface area contributed by atoms with Crippen LogP contribution in [-0.4, -0.2) is 33.7 Å². The summed E-state index contributed by atoms with van der Waals surface area (Å²) in [5, 5.41) is 0. The minimum absolute atomic E-state index is 0.170. The third-order valence-electron chi connectivity index (χ3n) is 4.13. The molecule has 1 aliphatic carbocycles. The quantitative estimate of drug-likeness (QED) is 0.754. The summed E-state index contributed by atoms with van der Waals surface area (Å²) >= 11 is 0. The van der Waals surface area contributed by atoms with Crippen molar-refractivity contribution in [2.45, 2.75) is 50.0 Å². The van der Waals surface area contributed by atoms with E-state index in [-0.39, 0.29) is 4.90 Å². The first-order valence-electron chi connectivity index (χ1n) is 8.10.